The zero-order valence-electron chi connectivity index (χ0n) is 18.6. The first kappa shape index (κ1) is 24.2. The smallest absolute Gasteiger partial charge is 0.325 e. The third kappa shape index (κ3) is 4.79. The Balaban J connectivity index is 1.41. The Labute approximate surface area is 203 Å². The first-order valence-corrected chi connectivity index (χ1v) is 12.8. The Morgan fingerprint density at radius 3 is 2.24 bits per heavy atom. The summed E-state index contributed by atoms with van der Waals surface area (Å²) in [6.45, 7) is 2.14. The summed E-state index contributed by atoms with van der Waals surface area (Å²) in [5.74, 6) is -1.06. The lowest BCUT2D eigenvalue weighted by atomic mass is 10.2. The van der Waals surface area contributed by atoms with E-state index < -0.39 is 40.5 Å². The van der Waals surface area contributed by atoms with Gasteiger partial charge in [-0.1, -0.05) is 18.0 Å². The third-order valence-electron chi connectivity index (χ3n) is 5.95. The molecule has 9 nitrogen and oxygen atoms in total. The summed E-state index contributed by atoms with van der Waals surface area (Å²) in [5, 5.41) is 3.12. The molecule has 2 aromatic carbocycles. The molecule has 2 saturated heterocycles. The molecule has 4 rings (SSSR count). The summed E-state index contributed by atoms with van der Waals surface area (Å²) < 4.78 is 27.0. The molecule has 0 spiro atoms. The summed E-state index contributed by atoms with van der Waals surface area (Å²) >= 11 is 5.90. The second kappa shape index (κ2) is 9.73. The number of rotatable bonds is 6. The molecule has 0 saturated carbocycles. The molecule has 1 N–H and O–H groups in total. The SMILES string of the molecule is CC1C(=O)N(CC(=O)Nc2ccc(S(=O)(=O)N3CCCCC3)cc2)C(=O)N1c1ccc(Cl)cc1. The number of benzene rings is 2. The number of urea groups is 1. The lowest BCUT2D eigenvalue weighted by Gasteiger charge is -2.25. The predicted molar refractivity (Wildman–Crippen MR) is 128 cm³/mol. The molecule has 11 heteroatoms. The molecule has 0 aromatic heterocycles. The quantitative estimate of drug-likeness (QED) is 0.607. The van der Waals surface area contributed by atoms with Crippen molar-refractivity contribution in [2.24, 2.45) is 0 Å². The third-order valence-corrected chi connectivity index (χ3v) is 8.11. The van der Waals surface area contributed by atoms with Crippen LogP contribution in [-0.2, 0) is 19.6 Å². The number of nitrogens with zero attached hydrogens (tertiary/aromatic N) is 3. The van der Waals surface area contributed by atoms with E-state index in [1.807, 2.05) is 0 Å². The Hall–Kier alpha value is -2.95. The number of carbonyl (C=O) groups excluding carboxylic acids is 3. The number of carbonyl (C=O) groups is 3. The second-order valence-corrected chi connectivity index (χ2v) is 10.6. The van der Waals surface area contributed by atoms with Crippen LogP contribution in [0.5, 0.6) is 0 Å². The van der Waals surface area contributed by atoms with Gasteiger partial charge in [0.25, 0.3) is 5.91 Å². The zero-order valence-corrected chi connectivity index (χ0v) is 20.2. The molecule has 2 aliphatic heterocycles. The fourth-order valence-electron chi connectivity index (χ4n) is 4.12. The van der Waals surface area contributed by atoms with Gasteiger partial charge in [-0.05, 0) is 68.3 Å². The van der Waals surface area contributed by atoms with Crippen LogP contribution < -0.4 is 10.2 Å². The molecule has 2 heterocycles. The van der Waals surface area contributed by atoms with Gasteiger partial charge >= 0.3 is 6.03 Å². The predicted octanol–water partition coefficient (Wildman–Crippen LogP) is 3.31. The fraction of sp³-hybridized carbons (Fsp3) is 0.348. The van der Waals surface area contributed by atoms with Crippen molar-refractivity contribution in [2.45, 2.75) is 37.1 Å². The van der Waals surface area contributed by atoms with Gasteiger partial charge < -0.3 is 5.32 Å². The summed E-state index contributed by atoms with van der Waals surface area (Å²) in [5.41, 5.74) is 0.868. The number of imide groups is 1. The highest BCUT2D eigenvalue weighted by atomic mass is 35.5. The van der Waals surface area contributed by atoms with Crippen molar-refractivity contribution in [1.82, 2.24) is 9.21 Å². The van der Waals surface area contributed by atoms with Crippen molar-refractivity contribution in [3.8, 4) is 0 Å². The van der Waals surface area contributed by atoms with Crippen molar-refractivity contribution in [3.05, 3.63) is 53.6 Å². The van der Waals surface area contributed by atoms with E-state index in [2.05, 4.69) is 5.32 Å². The molecule has 1 atom stereocenters. The highest BCUT2D eigenvalue weighted by Crippen LogP contribution is 2.27. The minimum atomic E-state index is -3.57. The fourth-order valence-corrected chi connectivity index (χ4v) is 5.76. The largest absolute Gasteiger partial charge is 0.332 e. The molecule has 2 aromatic rings. The highest BCUT2D eigenvalue weighted by Gasteiger charge is 2.44. The van der Waals surface area contributed by atoms with Crippen LogP contribution in [0, 0.1) is 0 Å². The van der Waals surface area contributed by atoms with E-state index in [4.69, 9.17) is 11.6 Å². The lowest BCUT2D eigenvalue weighted by molar-refractivity contribution is -0.130. The number of amides is 4. The molecule has 2 aliphatic rings. The van der Waals surface area contributed by atoms with Crippen LogP contribution >= 0.6 is 11.6 Å². The average Bonchev–Trinajstić information content (AvgIpc) is 3.04. The summed E-state index contributed by atoms with van der Waals surface area (Å²) in [6, 6.07) is 11.0. The number of hydrogen-bond acceptors (Lipinski definition) is 5. The van der Waals surface area contributed by atoms with Crippen LogP contribution in [0.15, 0.2) is 53.4 Å². The normalized spacial score (nSPS) is 19.5. The molecule has 1 unspecified atom stereocenters. The van der Waals surface area contributed by atoms with Gasteiger partial charge in [0, 0.05) is 29.5 Å². The van der Waals surface area contributed by atoms with Crippen LogP contribution in [-0.4, -0.2) is 61.1 Å². The van der Waals surface area contributed by atoms with Crippen LogP contribution in [0.2, 0.25) is 5.02 Å². The minimum absolute atomic E-state index is 0.157. The number of piperidine rings is 1. The molecule has 4 amide bonds. The molecule has 34 heavy (non-hydrogen) atoms. The van der Waals surface area contributed by atoms with E-state index in [1.54, 1.807) is 31.2 Å². The number of sulfonamides is 1. The van der Waals surface area contributed by atoms with E-state index in [9.17, 15) is 22.8 Å². The van der Waals surface area contributed by atoms with Crippen LogP contribution in [0.1, 0.15) is 26.2 Å². The maximum atomic E-state index is 12.9. The van der Waals surface area contributed by atoms with Crippen LogP contribution in [0.25, 0.3) is 0 Å². The van der Waals surface area contributed by atoms with E-state index in [0.29, 0.717) is 29.5 Å². The number of hydrogen-bond donors (Lipinski definition) is 1. The Kier molecular flexibility index (Phi) is 6.92. The maximum Gasteiger partial charge on any atom is 0.332 e. The molecule has 0 bridgehead atoms. The molecular formula is C23H25ClN4O5S. The van der Waals surface area contributed by atoms with Crippen LogP contribution in [0.4, 0.5) is 16.2 Å². The van der Waals surface area contributed by atoms with Gasteiger partial charge in [0.05, 0.1) is 4.90 Å². The number of nitrogens with one attached hydrogen (secondary N) is 1. The maximum absolute atomic E-state index is 12.9. The lowest BCUT2D eigenvalue weighted by Crippen LogP contribution is -2.39. The summed E-state index contributed by atoms with van der Waals surface area (Å²) in [7, 11) is -3.57. The molecule has 0 radical (unpaired) electrons. The van der Waals surface area contributed by atoms with Gasteiger partial charge in [-0.15, -0.1) is 0 Å². The number of anilines is 2. The van der Waals surface area contributed by atoms with Gasteiger partial charge in [0.15, 0.2) is 0 Å². The first-order valence-electron chi connectivity index (χ1n) is 11.0. The Morgan fingerprint density at radius 1 is 1.00 bits per heavy atom. The van der Waals surface area contributed by atoms with Crippen molar-refractivity contribution in [2.75, 3.05) is 29.9 Å². The topological polar surface area (TPSA) is 107 Å². The Morgan fingerprint density at radius 2 is 1.62 bits per heavy atom. The van der Waals surface area contributed by atoms with E-state index >= 15 is 0 Å². The highest BCUT2D eigenvalue weighted by molar-refractivity contribution is 7.89. The van der Waals surface area contributed by atoms with Gasteiger partial charge in [-0.2, -0.15) is 4.31 Å². The molecule has 2 fully saturated rings. The summed E-state index contributed by atoms with van der Waals surface area (Å²) in [6.07, 6.45) is 2.71. The molecule has 0 aliphatic carbocycles. The van der Waals surface area contributed by atoms with Crippen LogP contribution in [0.3, 0.4) is 0 Å². The first-order chi connectivity index (χ1) is 16.2. The number of halogens is 1. The zero-order chi connectivity index (χ0) is 24.5. The van der Waals surface area contributed by atoms with Gasteiger partial charge in [0.1, 0.15) is 12.6 Å². The van der Waals surface area contributed by atoms with Crippen molar-refractivity contribution in [1.29, 1.82) is 0 Å². The molecular weight excluding hydrogens is 480 g/mol. The van der Waals surface area contributed by atoms with Crippen molar-refractivity contribution in [3.63, 3.8) is 0 Å². The minimum Gasteiger partial charge on any atom is -0.325 e. The standard InChI is InChI=1S/C23H25ClN4O5S/c1-16-22(30)27(23(31)28(16)19-9-5-17(24)6-10-19)15-21(29)25-18-7-11-20(12-8-18)34(32,33)26-13-3-2-4-14-26/h5-12,16H,2-4,13-15H2,1H3,(H,25,29). The van der Waals surface area contributed by atoms with Crippen molar-refractivity contribution < 1.29 is 22.8 Å². The monoisotopic (exact) mass is 504 g/mol. The van der Waals surface area contributed by atoms with E-state index in [1.165, 1.54) is 33.5 Å². The second-order valence-electron chi connectivity index (χ2n) is 8.27. The van der Waals surface area contributed by atoms with Crippen molar-refractivity contribution >= 4 is 50.8 Å². The average molecular weight is 505 g/mol. The van der Waals surface area contributed by atoms with Gasteiger partial charge in [-0.25, -0.2) is 13.2 Å². The van der Waals surface area contributed by atoms with E-state index in [0.717, 1.165) is 24.2 Å². The van der Waals surface area contributed by atoms with Gasteiger partial charge in [-0.3, -0.25) is 19.4 Å². The molecule has 180 valence electrons. The van der Waals surface area contributed by atoms with Gasteiger partial charge in [0.2, 0.25) is 15.9 Å². The summed E-state index contributed by atoms with van der Waals surface area (Å²) in [4.78, 5) is 40.4. The Bertz CT molecular complexity index is 1190. The van der Waals surface area contributed by atoms with E-state index in [-0.39, 0.29) is 4.90 Å².